The number of aromatic amines is 1. The Kier molecular flexibility index (Phi) is 3.60. The standard InChI is InChI=1S/C15H18N8O/c1-23-8-9(6-17-23)12-11-7-16-14(19-13(11)22-21-12)20-15(24)18-10-4-2-3-5-10/h6-8,10H,2-5H2,1H3,(H3,16,18,19,20,21,22,24). The van der Waals surface area contributed by atoms with E-state index in [1.165, 1.54) is 0 Å². The van der Waals surface area contributed by atoms with Gasteiger partial charge in [0, 0.05) is 31.0 Å². The van der Waals surface area contributed by atoms with Crippen molar-refractivity contribution >= 4 is 23.0 Å². The van der Waals surface area contributed by atoms with Crippen LogP contribution in [-0.2, 0) is 7.05 Å². The zero-order chi connectivity index (χ0) is 16.5. The Bertz CT molecular complexity index is 877. The summed E-state index contributed by atoms with van der Waals surface area (Å²) < 4.78 is 1.71. The Hall–Kier alpha value is -2.97. The summed E-state index contributed by atoms with van der Waals surface area (Å²) in [7, 11) is 1.85. The van der Waals surface area contributed by atoms with Crippen LogP contribution in [0.5, 0.6) is 0 Å². The minimum absolute atomic E-state index is 0.238. The monoisotopic (exact) mass is 326 g/mol. The van der Waals surface area contributed by atoms with E-state index in [0.29, 0.717) is 5.65 Å². The van der Waals surface area contributed by atoms with E-state index in [1.54, 1.807) is 17.1 Å². The Balaban J connectivity index is 1.52. The predicted octanol–water partition coefficient (Wildman–Crippen LogP) is 1.82. The highest BCUT2D eigenvalue weighted by molar-refractivity contribution is 5.92. The third-order valence-corrected chi connectivity index (χ3v) is 4.22. The van der Waals surface area contributed by atoms with Gasteiger partial charge in [-0.15, -0.1) is 0 Å². The number of urea groups is 1. The first-order valence-electron chi connectivity index (χ1n) is 7.97. The van der Waals surface area contributed by atoms with Gasteiger partial charge in [0.15, 0.2) is 5.65 Å². The maximum absolute atomic E-state index is 12.0. The van der Waals surface area contributed by atoms with Crippen molar-refractivity contribution in [3.8, 4) is 11.3 Å². The highest BCUT2D eigenvalue weighted by atomic mass is 16.2. The van der Waals surface area contributed by atoms with Gasteiger partial charge in [0.25, 0.3) is 0 Å². The molecule has 3 aromatic heterocycles. The molecule has 0 unspecified atom stereocenters. The van der Waals surface area contributed by atoms with Crippen LogP contribution in [-0.4, -0.2) is 42.0 Å². The number of H-pyrrole nitrogens is 1. The van der Waals surface area contributed by atoms with E-state index >= 15 is 0 Å². The topological polar surface area (TPSA) is 113 Å². The van der Waals surface area contributed by atoms with Gasteiger partial charge in [-0.2, -0.15) is 15.2 Å². The van der Waals surface area contributed by atoms with Gasteiger partial charge in [-0.05, 0) is 12.8 Å². The molecule has 24 heavy (non-hydrogen) atoms. The predicted molar refractivity (Wildman–Crippen MR) is 88.3 cm³/mol. The second kappa shape index (κ2) is 5.91. The molecule has 0 spiro atoms. The van der Waals surface area contributed by atoms with Crippen molar-refractivity contribution in [1.82, 2.24) is 35.3 Å². The van der Waals surface area contributed by atoms with E-state index in [2.05, 4.69) is 35.9 Å². The lowest BCUT2D eigenvalue weighted by Crippen LogP contribution is -2.36. The molecule has 3 N–H and O–H groups in total. The van der Waals surface area contributed by atoms with Crippen molar-refractivity contribution < 1.29 is 4.79 Å². The number of aryl methyl sites for hydroxylation is 1. The van der Waals surface area contributed by atoms with Gasteiger partial charge >= 0.3 is 6.03 Å². The van der Waals surface area contributed by atoms with Crippen molar-refractivity contribution in [2.75, 3.05) is 5.32 Å². The summed E-state index contributed by atoms with van der Waals surface area (Å²) in [4.78, 5) is 20.5. The van der Waals surface area contributed by atoms with Gasteiger partial charge in [-0.3, -0.25) is 15.1 Å². The number of rotatable bonds is 3. The zero-order valence-corrected chi connectivity index (χ0v) is 13.3. The highest BCUT2D eigenvalue weighted by Crippen LogP contribution is 2.24. The van der Waals surface area contributed by atoms with Gasteiger partial charge in [-0.25, -0.2) is 9.78 Å². The fraction of sp³-hybridized carbons (Fsp3) is 0.400. The summed E-state index contributed by atoms with van der Waals surface area (Å²) in [6.45, 7) is 0. The molecule has 124 valence electrons. The molecule has 3 aromatic rings. The normalized spacial score (nSPS) is 15.0. The molecule has 1 saturated carbocycles. The van der Waals surface area contributed by atoms with Crippen LogP contribution < -0.4 is 10.6 Å². The van der Waals surface area contributed by atoms with Crippen LogP contribution >= 0.6 is 0 Å². The van der Waals surface area contributed by atoms with Crippen molar-refractivity contribution in [1.29, 1.82) is 0 Å². The second-order valence-electron chi connectivity index (χ2n) is 6.01. The van der Waals surface area contributed by atoms with Gasteiger partial charge in [-0.1, -0.05) is 12.8 Å². The lowest BCUT2D eigenvalue weighted by Gasteiger charge is -2.11. The smallest absolute Gasteiger partial charge is 0.321 e. The number of aromatic nitrogens is 6. The molecule has 4 rings (SSSR count). The lowest BCUT2D eigenvalue weighted by atomic mass is 10.2. The van der Waals surface area contributed by atoms with Crippen LogP contribution in [0.3, 0.4) is 0 Å². The molecule has 9 nitrogen and oxygen atoms in total. The third-order valence-electron chi connectivity index (χ3n) is 4.22. The molecule has 1 aliphatic carbocycles. The van der Waals surface area contributed by atoms with Crippen LogP contribution in [0.2, 0.25) is 0 Å². The molecule has 0 radical (unpaired) electrons. The molecular formula is C15H18N8O. The Labute approximate surface area is 137 Å². The number of anilines is 1. The summed E-state index contributed by atoms with van der Waals surface area (Å²) in [5.41, 5.74) is 2.21. The van der Waals surface area contributed by atoms with Crippen LogP contribution in [0.1, 0.15) is 25.7 Å². The molecule has 9 heteroatoms. The molecule has 3 heterocycles. The van der Waals surface area contributed by atoms with Crippen molar-refractivity contribution in [2.24, 2.45) is 7.05 Å². The maximum Gasteiger partial charge on any atom is 0.321 e. The van der Waals surface area contributed by atoms with E-state index in [9.17, 15) is 4.79 Å². The number of carbonyl (C=O) groups excluding carboxylic acids is 1. The molecule has 0 saturated heterocycles. The van der Waals surface area contributed by atoms with Crippen molar-refractivity contribution in [3.63, 3.8) is 0 Å². The molecule has 0 aliphatic heterocycles. The SMILES string of the molecule is Cn1cc(-c2[nH]nc3nc(NC(=O)NC4CCCC4)ncc23)cn1. The van der Waals surface area contributed by atoms with E-state index in [1.807, 2.05) is 13.2 Å². The van der Waals surface area contributed by atoms with E-state index in [4.69, 9.17) is 0 Å². The Morgan fingerprint density at radius 3 is 2.92 bits per heavy atom. The highest BCUT2D eigenvalue weighted by Gasteiger charge is 2.18. The van der Waals surface area contributed by atoms with Gasteiger partial charge < -0.3 is 5.32 Å². The summed E-state index contributed by atoms with van der Waals surface area (Å²) >= 11 is 0. The van der Waals surface area contributed by atoms with Crippen LogP contribution in [0.4, 0.5) is 10.7 Å². The van der Waals surface area contributed by atoms with Gasteiger partial charge in [0.1, 0.15) is 0 Å². The average molecular weight is 326 g/mol. The Morgan fingerprint density at radius 2 is 2.17 bits per heavy atom. The Morgan fingerprint density at radius 1 is 1.33 bits per heavy atom. The first kappa shape index (κ1) is 14.6. The minimum atomic E-state index is -0.274. The number of carbonyl (C=O) groups is 1. The van der Waals surface area contributed by atoms with Crippen LogP contribution in [0, 0.1) is 0 Å². The minimum Gasteiger partial charge on any atom is -0.335 e. The fourth-order valence-corrected chi connectivity index (χ4v) is 3.03. The average Bonchev–Trinajstić information content (AvgIpc) is 3.27. The molecule has 1 aliphatic rings. The maximum atomic E-state index is 12.0. The zero-order valence-electron chi connectivity index (χ0n) is 13.3. The molecule has 0 atom stereocenters. The first-order valence-corrected chi connectivity index (χ1v) is 7.97. The summed E-state index contributed by atoms with van der Waals surface area (Å²) in [6, 6.07) is -0.0273. The summed E-state index contributed by atoms with van der Waals surface area (Å²) in [5.74, 6) is 0.238. The second-order valence-corrected chi connectivity index (χ2v) is 6.01. The van der Waals surface area contributed by atoms with Crippen LogP contribution in [0.25, 0.3) is 22.3 Å². The molecule has 2 amide bonds. The lowest BCUT2D eigenvalue weighted by molar-refractivity contribution is 0.248. The van der Waals surface area contributed by atoms with Crippen LogP contribution in [0.15, 0.2) is 18.6 Å². The number of fused-ring (bicyclic) bond motifs is 1. The van der Waals surface area contributed by atoms with E-state index in [0.717, 1.165) is 42.3 Å². The van der Waals surface area contributed by atoms with Gasteiger partial charge in [0.05, 0.1) is 17.3 Å². The number of hydrogen-bond donors (Lipinski definition) is 3. The molecule has 0 bridgehead atoms. The van der Waals surface area contributed by atoms with E-state index < -0.39 is 0 Å². The van der Waals surface area contributed by atoms with E-state index in [-0.39, 0.29) is 18.0 Å². The summed E-state index contributed by atoms with van der Waals surface area (Å²) in [6.07, 6.45) is 9.67. The number of nitrogens with zero attached hydrogens (tertiary/aromatic N) is 5. The van der Waals surface area contributed by atoms with Gasteiger partial charge in [0.2, 0.25) is 5.95 Å². The third kappa shape index (κ3) is 2.80. The fourth-order valence-electron chi connectivity index (χ4n) is 3.03. The molecular weight excluding hydrogens is 308 g/mol. The quantitative estimate of drug-likeness (QED) is 0.679. The molecule has 1 fully saturated rings. The molecule has 0 aromatic carbocycles. The largest absolute Gasteiger partial charge is 0.335 e. The number of hydrogen-bond acceptors (Lipinski definition) is 5. The number of amides is 2. The first-order chi connectivity index (χ1) is 11.7. The van der Waals surface area contributed by atoms with Crippen molar-refractivity contribution in [2.45, 2.75) is 31.7 Å². The number of nitrogens with one attached hydrogen (secondary N) is 3. The summed E-state index contributed by atoms with van der Waals surface area (Å²) in [5, 5.41) is 17.7. The van der Waals surface area contributed by atoms with Crippen molar-refractivity contribution in [3.05, 3.63) is 18.6 Å².